The Balaban J connectivity index is 1.21. The van der Waals surface area contributed by atoms with Gasteiger partial charge < -0.3 is 10.6 Å². The van der Waals surface area contributed by atoms with E-state index >= 15 is 0 Å². The second-order valence-corrected chi connectivity index (χ2v) is 8.75. The van der Waals surface area contributed by atoms with Crippen LogP contribution in [0.4, 0.5) is 20.4 Å². The molecular weight excluding hydrogens is 528 g/mol. The Morgan fingerprint density at radius 3 is 2.56 bits per heavy atom. The minimum atomic E-state index is -1.03. The number of halogens is 2. The molecule has 0 saturated heterocycles. The molecule has 0 radical (unpaired) electrons. The van der Waals surface area contributed by atoms with Crippen molar-refractivity contribution in [1.82, 2.24) is 24.8 Å². The van der Waals surface area contributed by atoms with E-state index in [0.29, 0.717) is 28.2 Å². The highest BCUT2D eigenvalue weighted by molar-refractivity contribution is 5.93. The number of carbonyl (C=O) groups excluding carboxylic acids is 1. The van der Waals surface area contributed by atoms with Gasteiger partial charge in [0.1, 0.15) is 5.56 Å². The molecule has 5 rings (SSSR count). The molecule has 2 heterocycles. The minimum Gasteiger partial charge on any atom is -0.341 e. The van der Waals surface area contributed by atoms with Crippen molar-refractivity contribution in [2.45, 2.75) is 6.54 Å². The summed E-state index contributed by atoms with van der Waals surface area (Å²) in [6.07, 6.45) is 4.02. The molecule has 0 unspecified atom stereocenters. The van der Waals surface area contributed by atoms with Gasteiger partial charge in [-0.15, -0.1) is 0 Å². The first-order valence-electron chi connectivity index (χ1n) is 12.2. The van der Waals surface area contributed by atoms with Crippen LogP contribution in [0.1, 0.15) is 27.0 Å². The normalized spacial score (nSPS) is 10.4. The molecule has 0 bridgehead atoms. The number of hydrogen-bond acceptors (Lipinski definition) is 7. The Labute approximate surface area is 232 Å². The molecule has 2 N–H and O–H groups in total. The predicted octanol–water partition coefficient (Wildman–Crippen LogP) is 3.91. The van der Waals surface area contributed by atoms with Gasteiger partial charge in [-0.25, -0.2) is 23.7 Å². The Morgan fingerprint density at radius 2 is 1.78 bits per heavy atom. The van der Waals surface area contributed by atoms with Gasteiger partial charge >= 0.3 is 0 Å². The lowest BCUT2D eigenvalue weighted by atomic mass is 10.1. The molecule has 2 aromatic heterocycles. The van der Waals surface area contributed by atoms with Gasteiger partial charge in [0, 0.05) is 29.0 Å². The first-order valence-corrected chi connectivity index (χ1v) is 12.2. The molecule has 0 fully saturated rings. The number of benzene rings is 3. The van der Waals surface area contributed by atoms with E-state index in [9.17, 15) is 18.4 Å². The quantitative estimate of drug-likeness (QED) is 0.309. The number of rotatable bonds is 6. The Hall–Kier alpha value is -5.94. The molecule has 0 aliphatic heterocycles. The topological polar surface area (TPSA) is 126 Å². The summed E-state index contributed by atoms with van der Waals surface area (Å²) in [4.78, 5) is 38.0. The van der Waals surface area contributed by atoms with E-state index in [-0.39, 0.29) is 18.7 Å². The van der Waals surface area contributed by atoms with Crippen molar-refractivity contribution in [2.24, 2.45) is 0 Å². The molecule has 0 aliphatic carbocycles. The first-order chi connectivity index (χ1) is 19.9. The van der Waals surface area contributed by atoms with E-state index in [4.69, 9.17) is 5.26 Å². The van der Waals surface area contributed by atoms with Crippen LogP contribution in [0.25, 0.3) is 10.9 Å². The maximum absolute atomic E-state index is 13.5. The van der Waals surface area contributed by atoms with Gasteiger partial charge in [0.25, 0.3) is 11.5 Å². The zero-order valence-corrected chi connectivity index (χ0v) is 21.2. The lowest BCUT2D eigenvalue weighted by Crippen LogP contribution is -2.33. The third-order valence-electron chi connectivity index (χ3n) is 5.90. The highest BCUT2D eigenvalue weighted by Gasteiger charge is 2.13. The zero-order valence-electron chi connectivity index (χ0n) is 21.2. The van der Waals surface area contributed by atoms with Crippen molar-refractivity contribution in [2.75, 3.05) is 11.9 Å². The minimum absolute atomic E-state index is 0.0294. The lowest BCUT2D eigenvalue weighted by Gasteiger charge is -2.08. The van der Waals surface area contributed by atoms with Crippen LogP contribution in [0.5, 0.6) is 0 Å². The van der Waals surface area contributed by atoms with E-state index in [2.05, 4.69) is 43.5 Å². The molecule has 0 saturated carbocycles. The molecule has 1 amide bonds. The van der Waals surface area contributed by atoms with Gasteiger partial charge in [0.15, 0.2) is 11.6 Å². The number of nitrogens with zero attached hydrogens (tertiary/aromatic N) is 5. The summed E-state index contributed by atoms with van der Waals surface area (Å²) in [5, 5.41) is 15.3. The third-order valence-corrected chi connectivity index (χ3v) is 5.90. The number of nitriles is 1. The molecular formula is C30H19F2N7O2. The van der Waals surface area contributed by atoms with E-state index in [1.807, 2.05) is 6.07 Å². The van der Waals surface area contributed by atoms with Crippen molar-refractivity contribution < 1.29 is 13.6 Å². The van der Waals surface area contributed by atoms with E-state index in [0.717, 1.165) is 34.0 Å². The largest absolute Gasteiger partial charge is 0.341 e. The second kappa shape index (κ2) is 11.8. The zero-order chi connectivity index (χ0) is 28.8. The summed E-state index contributed by atoms with van der Waals surface area (Å²) in [5.41, 5.74) is 2.20. The van der Waals surface area contributed by atoms with Crippen LogP contribution in [-0.4, -0.2) is 32.0 Å². The standard InChI is InChI=1S/C30H19F2N7O2/c31-25-9-5-21(13-26(25)32)17-39-18-34-16-24(29(39)41)28(40)35-11-1-2-19-6-10-27-22(12-19)15-36-30(38-27)37-23-7-3-20(14-33)4-8-23/h3-10,12-13,15-16,18H,11,17H2,(H,35,40)(H,36,37,38). The lowest BCUT2D eigenvalue weighted by molar-refractivity contribution is 0.0956. The van der Waals surface area contributed by atoms with Crippen LogP contribution in [0, 0.1) is 34.8 Å². The summed E-state index contributed by atoms with van der Waals surface area (Å²) < 4.78 is 27.8. The van der Waals surface area contributed by atoms with Crippen molar-refractivity contribution in [3.63, 3.8) is 0 Å². The number of aromatic nitrogens is 4. The maximum Gasteiger partial charge on any atom is 0.266 e. The summed E-state index contributed by atoms with van der Waals surface area (Å²) >= 11 is 0. The van der Waals surface area contributed by atoms with Crippen molar-refractivity contribution >= 4 is 28.4 Å². The average Bonchev–Trinajstić information content (AvgIpc) is 2.98. The summed E-state index contributed by atoms with van der Waals surface area (Å²) in [6, 6.07) is 17.7. The highest BCUT2D eigenvalue weighted by atomic mass is 19.2. The molecule has 3 aromatic carbocycles. The summed E-state index contributed by atoms with van der Waals surface area (Å²) in [7, 11) is 0. The van der Waals surface area contributed by atoms with E-state index < -0.39 is 23.1 Å². The molecule has 11 heteroatoms. The van der Waals surface area contributed by atoms with Crippen LogP contribution < -0.4 is 16.2 Å². The van der Waals surface area contributed by atoms with Gasteiger partial charge in [-0.1, -0.05) is 17.9 Å². The summed E-state index contributed by atoms with van der Waals surface area (Å²) in [5.74, 6) is 3.51. The molecule has 5 aromatic rings. The Kier molecular flexibility index (Phi) is 7.70. The van der Waals surface area contributed by atoms with Gasteiger partial charge in [-0.05, 0) is 60.2 Å². The van der Waals surface area contributed by atoms with Crippen molar-refractivity contribution in [1.29, 1.82) is 5.26 Å². The van der Waals surface area contributed by atoms with Crippen LogP contribution in [0.2, 0.25) is 0 Å². The number of amides is 1. The number of nitrogens with one attached hydrogen (secondary N) is 2. The molecule has 0 aliphatic rings. The Bertz CT molecular complexity index is 1940. The second-order valence-electron chi connectivity index (χ2n) is 8.75. The Morgan fingerprint density at radius 1 is 0.976 bits per heavy atom. The number of anilines is 2. The van der Waals surface area contributed by atoms with Crippen molar-refractivity contribution in [3.8, 4) is 17.9 Å². The maximum atomic E-state index is 13.5. The van der Waals surface area contributed by atoms with Gasteiger partial charge in [0.05, 0.1) is 36.6 Å². The average molecular weight is 548 g/mol. The predicted molar refractivity (Wildman–Crippen MR) is 147 cm³/mol. The van der Waals surface area contributed by atoms with E-state index in [1.54, 1.807) is 42.6 Å². The number of carbonyl (C=O) groups is 1. The van der Waals surface area contributed by atoms with Crippen LogP contribution in [0.3, 0.4) is 0 Å². The van der Waals surface area contributed by atoms with Crippen LogP contribution in [0.15, 0.2) is 84.2 Å². The molecule has 0 spiro atoms. The van der Waals surface area contributed by atoms with Gasteiger partial charge in [-0.2, -0.15) is 5.26 Å². The van der Waals surface area contributed by atoms with Gasteiger partial charge in [-0.3, -0.25) is 14.2 Å². The van der Waals surface area contributed by atoms with Crippen LogP contribution in [-0.2, 0) is 6.54 Å². The smallest absolute Gasteiger partial charge is 0.266 e. The number of hydrogen-bond donors (Lipinski definition) is 2. The highest BCUT2D eigenvalue weighted by Crippen LogP contribution is 2.18. The molecule has 41 heavy (non-hydrogen) atoms. The molecule has 200 valence electrons. The number of fused-ring (bicyclic) bond motifs is 1. The third kappa shape index (κ3) is 6.38. The fraction of sp³-hybridized carbons (Fsp3) is 0.0667. The van der Waals surface area contributed by atoms with E-state index in [1.165, 1.54) is 12.4 Å². The SMILES string of the molecule is N#Cc1ccc(Nc2ncc3cc(C#CCNC(=O)c4cncn(Cc5ccc(F)c(F)c5)c4=O)ccc3n2)cc1. The molecule has 0 atom stereocenters. The fourth-order valence-corrected chi connectivity index (χ4v) is 3.85. The van der Waals surface area contributed by atoms with Crippen molar-refractivity contribution in [3.05, 3.63) is 124 Å². The summed E-state index contributed by atoms with van der Waals surface area (Å²) in [6.45, 7) is -0.110. The fourth-order valence-electron chi connectivity index (χ4n) is 3.85. The molecule has 9 nitrogen and oxygen atoms in total. The van der Waals surface area contributed by atoms with Gasteiger partial charge in [0.2, 0.25) is 5.95 Å². The monoisotopic (exact) mass is 547 g/mol. The first kappa shape index (κ1) is 26.7. The van der Waals surface area contributed by atoms with Crippen LogP contribution >= 0.6 is 0 Å².